The molecule has 1 saturated heterocycles. The summed E-state index contributed by atoms with van der Waals surface area (Å²) in [4.78, 5) is 32.4. The fraction of sp³-hybridized carbons (Fsp3) is 0.692. The highest BCUT2D eigenvalue weighted by molar-refractivity contribution is 7.88. The normalized spacial score (nSPS) is 18.0. The van der Waals surface area contributed by atoms with Crippen molar-refractivity contribution in [2.24, 2.45) is 23.7 Å². The summed E-state index contributed by atoms with van der Waals surface area (Å²) in [6.07, 6.45) is 3.64. The van der Waals surface area contributed by atoms with Crippen LogP contribution < -0.4 is 15.6 Å². The first-order valence-electron chi connectivity index (χ1n) is 13.0. The van der Waals surface area contributed by atoms with Crippen LogP contribution in [0.5, 0.6) is 5.75 Å². The molecule has 1 fully saturated rings. The number of amides is 2. The number of nitrogens with one attached hydrogen (secondary N) is 2. The van der Waals surface area contributed by atoms with Crippen LogP contribution in [0.1, 0.15) is 59.8 Å². The predicted octanol–water partition coefficient (Wildman–Crippen LogP) is 3.26. The molecule has 0 aromatic heterocycles. The quantitative estimate of drug-likeness (QED) is 0.327. The van der Waals surface area contributed by atoms with E-state index in [-0.39, 0.29) is 31.4 Å². The number of para-hydroxylation sites is 1. The number of nitrogens with zero attached hydrogens (tertiary/aromatic N) is 1. The summed E-state index contributed by atoms with van der Waals surface area (Å²) < 4.78 is 37.0. The standard InChI is InChI=1S/C26H43N3O7S/c1-19(2)17-23(25(30)27-29(18-20(3)4)37(5,32)33)22(14-16-34-21-11-7-6-8-12-21)26(31)28-36-24-13-9-10-15-35-24/h6-8,11-12,19-20,22-24H,9-10,13-18H2,1-5H3,(H,27,30)(H,28,31)/t22-,23+,24?/m0/s1. The minimum Gasteiger partial charge on any atom is -0.494 e. The molecule has 0 bridgehead atoms. The molecule has 1 aromatic carbocycles. The maximum Gasteiger partial charge on any atom is 0.247 e. The van der Waals surface area contributed by atoms with E-state index in [1.165, 1.54) is 0 Å². The van der Waals surface area contributed by atoms with Gasteiger partial charge in [-0.15, -0.1) is 4.41 Å². The average Bonchev–Trinajstić information content (AvgIpc) is 2.84. The minimum atomic E-state index is -3.71. The van der Waals surface area contributed by atoms with Gasteiger partial charge in [-0.2, -0.15) is 0 Å². The number of carbonyl (C=O) groups is 2. The molecule has 1 aliphatic rings. The second-order valence-electron chi connectivity index (χ2n) is 10.3. The molecule has 37 heavy (non-hydrogen) atoms. The van der Waals surface area contributed by atoms with Crippen LogP contribution >= 0.6 is 0 Å². The van der Waals surface area contributed by atoms with Crippen LogP contribution in [-0.4, -0.2) is 57.0 Å². The van der Waals surface area contributed by atoms with Crippen LogP contribution in [-0.2, 0) is 29.2 Å². The van der Waals surface area contributed by atoms with Crippen LogP contribution in [0, 0.1) is 23.7 Å². The predicted molar refractivity (Wildman–Crippen MR) is 140 cm³/mol. The maximum absolute atomic E-state index is 13.5. The average molecular weight is 542 g/mol. The summed E-state index contributed by atoms with van der Waals surface area (Å²) in [5.41, 5.74) is 5.06. The highest BCUT2D eigenvalue weighted by Crippen LogP contribution is 2.26. The number of sulfonamides is 1. The number of hydrogen-bond donors (Lipinski definition) is 2. The Balaban J connectivity index is 2.22. The first-order valence-corrected chi connectivity index (χ1v) is 14.8. The van der Waals surface area contributed by atoms with Crippen LogP contribution in [0.15, 0.2) is 30.3 Å². The van der Waals surface area contributed by atoms with E-state index >= 15 is 0 Å². The first kappa shape index (κ1) is 31.0. The van der Waals surface area contributed by atoms with Crippen molar-refractivity contribution in [3.05, 3.63) is 30.3 Å². The Morgan fingerprint density at radius 3 is 2.32 bits per heavy atom. The lowest BCUT2D eigenvalue weighted by molar-refractivity contribution is -0.203. The highest BCUT2D eigenvalue weighted by Gasteiger charge is 2.36. The Morgan fingerprint density at radius 1 is 1.05 bits per heavy atom. The lowest BCUT2D eigenvalue weighted by Gasteiger charge is -2.30. The zero-order valence-electron chi connectivity index (χ0n) is 22.6. The summed E-state index contributed by atoms with van der Waals surface area (Å²) in [7, 11) is -3.71. The van der Waals surface area contributed by atoms with Crippen molar-refractivity contribution in [1.29, 1.82) is 0 Å². The number of ether oxygens (including phenoxy) is 2. The highest BCUT2D eigenvalue weighted by atomic mass is 32.2. The molecule has 210 valence electrons. The zero-order valence-corrected chi connectivity index (χ0v) is 23.5. The Kier molecular flexibility index (Phi) is 12.8. The van der Waals surface area contributed by atoms with E-state index in [2.05, 4.69) is 10.9 Å². The maximum atomic E-state index is 13.5. The van der Waals surface area contributed by atoms with E-state index in [1.807, 2.05) is 58.0 Å². The number of benzene rings is 1. The second kappa shape index (κ2) is 15.3. The summed E-state index contributed by atoms with van der Waals surface area (Å²) in [6.45, 7) is 8.48. The van der Waals surface area contributed by atoms with Gasteiger partial charge < -0.3 is 9.47 Å². The lowest BCUT2D eigenvalue weighted by atomic mass is 9.82. The van der Waals surface area contributed by atoms with Crippen molar-refractivity contribution in [1.82, 2.24) is 15.3 Å². The van der Waals surface area contributed by atoms with E-state index in [1.54, 1.807) is 0 Å². The Labute approximate surface area is 221 Å². The number of rotatable bonds is 15. The van der Waals surface area contributed by atoms with Gasteiger partial charge in [0.25, 0.3) is 0 Å². The summed E-state index contributed by atoms with van der Waals surface area (Å²) in [6, 6.07) is 9.20. The molecule has 0 aliphatic carbocycles. The van der Waals surface area contributed by atoms with Gasteiger partial charge in [-0.25, -0.2) is 18.7 Å². The third-order valence-electron chi connectivity index (χ3n) is 5.92. The third-order valence-corrected chi connectivity index (χ3v) is 6.96. The first-order chi connectivity index (χ1) is 17.5. The number of carbonyl (C=O) groups excluding carboxylic acids is 2. The van der Waals surface area contributed by atoms with E-state index < -0.39 is 40.0 Å². The van der Waals surface area contributed by atoms with E-state index in [0.717, 1.165) is 23.5 Å². The van der Waals surface area contributed by atoms with Gasteiger partial charge in [0, 0.05) is 19.6 Å². The molecule has 1 aromatic rings. The molecular weight excluding hydrogens is 498 g/mol. The van der Waals surface area contributed by atoms with Gasteiger partial charge >= 0.3 is 0 Å². The summed E-state index contributed by atoms with van der Waals surface area (Å²) >= 11 is 0. The van der Waals surface area contributed by atoms with Gasteiger partial charge in [-0.1, -0.05) is 45.9 Å². The molecule has 10 nitrogen and oxygen atoms in total. The van der Waals surface area contributed by atoms with Crippen molar-refractivity contribution in [3.63, 3.8) is 0 Å². The van der Waals surface area contributed by atoms with Crippen molar-refractivity contribution >= 4 is 21.8 Å². The Bertz CT molecular complexity index is 935. The van der Waals surface area contributed by atoms with E-state index in [0.29, 0.717) is 25.2 Å². The molecule has 1 aliphatic heterocycles. The van der Waals surface area contributed by atoms with Crippen molar-refractivity contribution in [3.8, 4) is 5.75 Å². The fourth-order valence-corrected chi connectivity index (χ4v) is 4.93. The van der Waals surface area contributed by atoms with E-state index in [9.17, 15) is 18.0 Å². The number of hydrazine groups is 1. The fourth-order valence-electron chi connectivity index (χ4n) is 4.10. The molecule has 3 atom stereocenters. The zero-order chi connectivity index (χ0) is 27.4. The smallest absolute Gasteiger partial charge is 0.247 e. The van der Waals surface area contributed by atoms with Gasteiger partial charge in [0.2, 0.25) is 21.8 Å². The van der Waals surface area contributed by atoms with Gasteiger partial charge in [-0.05, 0) is 49.7 Å². The third kappa shape index (κ3) is 11.4. The van der Waals surface area contributed by atoms with Crippen LogP contribution in [0.3, 0.4) is 0 Å². The van der Waals surface area contributed by atoms with Crippen molar-refractivity contribution in [2.45, 2.75) is 66.1 Å². The SMILES string of the molecule is CC(C)C[C@@H](C(=O)NN(CC(C)C)S(C)(=O)=O)[C@H](CCOc1ccccc1)C(=O)NOC1CCCCO1. The summed E-state index contributed by atoms with van der Waals surface area (Å²) in [5, 5.41) is 0. The summed E-state index contributed by atoms with van der Waals surface area (Å²) in [5.74, 6) is -1.93. The molecule has 2 N–H and O–H groups in total. The molecule has 2 rings (SSSR count). The molecule has 0 radical (unpaired) electrons. The van der Waals surface area contributed by atoms with Crippen LogP contribution in [0.25, 0.3) is 0 Å². The second-order valence-corrected chi connectivity index (χ2v) is 12.2. The van der Waals surface area contributed by atoms with Crippen LogP contribution in [0.2, 0.25) is 0 Å². The van der Waals surface area contributed by atoms with Gasteiger partial charge in [-0.3, -0.25) is 15.0 Å². The van der Waals surface area contributed by atoms with Crippen LogP contribution in [0.4, 0.5) is 0 Å². The van der Waals surface area contributed by atoms with E-state index in [4.69, 9.17) is 14.3 Å². The minimum absolute atomic E-state index is 0.0131. The van der Waals surface area contributed by atoms with Gasteiger partial charge in [0.05, 0.1) is 24.7 Å². The monoisotopic (exact) mass is 541 g/mol. The molecule has 2 amide bonds. The van der Waals surface area contributed by atoms with Gasteiger partial charge in [0.1, 0.15) is 5.75 Å². The Hall–Kier alpha value is -2.21. The molecule has 0 saturated carbocycles. The van der Waals surface area contributed by atoms with Crippen molar-refractivity contribution < 1.29 is 32.3 Å². The molecule has 1 unspecified atom stereocenters. The topological polar surface area (TPSA) is 123 Å². The van der Waals surface area contributed by atoms with Crippen molar-refractivity contribution in [2.75, 3.05) is 26.0 Å². The molecular formula is C26H43N3O7S. The molecule has 1 heterocycles. The number of hydrogen-bond acceptors (Lipinski definition) is 7. The largest absolute Gasteiger partial charge is 0.494 e. The van der Waals surface area contributed by atoms with Gasteiger partial charge in [0.15, 0.2) is 6.29 Å². The number of hydroxylamine groups is 1. The molecule has 11 heteroatoms. The Morgan fingerprint density at radius 2 is 1.76 bits per heavy atom. The lowest BCUT2D eigenvalue weighted by Crippen LogP contribution is -2.52. The molecule has 0 spiro atoms.